The molecule has 2 amide bonds. The van der Waals surface area contributed by atoms with E-state index in [0.717, 1.165) is 22.7 Å². The van der Waals surface area contributed by atoms with Gasteiger partial charge in [0.1, 0.15) is 0 Å². The van der Waals surface area contributed by atoms with Crippen LogP contribution in [-0.4, -0.2) is 23.1 Å². The van der Waals surface area contributed by atoms with E-state index in [9.17, 15) is 4.79 Å². The molecule has 6 nitrogen and oxygen atoms in total. The van der Waals surface area contributed by atoms with Crippen LogP contribution in [0.4, 0.5) is 4.79 Å². The maximum atomic E-state index is 11.7. The minimum atomic E-state index is -0.225. The highest BCUT2D eigenvalue weighted by Crippen LogP contribution is 2.10. The lowest BCUT2D eigenvalue weighted by molar-refractivity contribution is 0.240. The quantitative estimate of drug-likeness (QED) is 0.857. The fourth-order valence-corrected chi connectivity index (χ4v) is 2.42. The number of pyridine rings is 1. The molecule has 0 saturated carbocycles. The lowest BCUT2D eigenvalue weighted by Gasteiger charge is -2.07. The van der Waals surface area contributed by atoms with Gasteiger partial charge < -0.3 is 15.4 Å². The molecule has 2 rings (SSSR count). The first-order valence-electron chi connectivity index (χ1n) is 6.65. The summed E-state index contributed by atoms with van der Waals surface area (Å²) in [6.45, 7) is 2.91. The Kier molecular flexibility index (Phi) is 5.51. The highest BCUT2D eigenvalue weighted by atomic mass is 32.1. The van der Waals surface area contributed by atoms with Crippen molar-refractivity contribution in [1.82, 2.24) is 20.6 Å². The highest BCUT2D eigenvalue weighted by molar-refractivity contribution is 7.09. The predicted molar refractivity (Wildman–Crippen MR) is 81.4 cm³/mol. The van der Waals surface area contributed by atoms with Crippen molar-refractivity contribution in [3.05, 3.63) is 40.0 Å². The number of ether oxygens (including phenoxy) is 1. The Hall–Kier alpha value is -2.15. The van der Waals surface area contributed by atoms with Crippen molar-refractivity contribution in [2.75, 3.05) is 7.11 Å². The maximum absolute atomic E-state index is 11.7. The largest absolute Gasteiger partial charge is 0.481 e. The molecule has 2 aromatic heterocycles. The average Bonchev–Trinajstić information content (AvgIpc) is 2.99. The van der Waals surface area contributed by atoms with Gasteiger partial charge in [-0.15, -0.1) is 11.3 Å². The van der Waals surface area contributed by atoms with E-state index in [2.05, 4.69) is 27.5 Å². The molecule has 0 fully saturated rings. The molecule has 0 unspecified atom stereocenters. The number of nitrogens with zero attached hydrogens (tertiary/aromatic N) is 2. The van der Waals surface area contributed by atoms with Gasteiger partial charge in [0, 0.05) is 24.2 Å². The molecule has 0 aliphatic carbocycles. The van der Waals surface area contributed by atoms with Crippen LogP contribution in [0.3, 0.4) is 0 Å². The number of rotatable bonds is 6. The molecule has 0 aliphatic heterocycles. The maximum Gasteiger partial charge on any atom is 0.315 e. The van der Waals surface area contributed by atoms with E-state index in [4.69, 9.17) is 4.74 Å². The molecule has 0 aromatic carbocycles. The summed E-state index contributed by atoms with van der Waals surface area (Å²) in [5.74, 6) is 0.532. The van der Waals surface area contributed by atoms with Gasteiger partial charge >= 0.3 is 6.03 Å². The third kappa shape index (κ3) is 4.71. The summed E-state index contributed by atoms with van der Waals surface area (Å²) in [6, 6.07) is 3.39. The number of thiazole rings is 1. The molecule has 0 spiro atoms. The highest BCUT2D eigenvalue weighted by Gasteiger charge is 2.04. The van der Waals surface area contributed by atoms with Crippen molar-refractivity contribution in [1.29, 1.82) is 0 Å². The second kappa shape index (κ2) is 7.58. The molecular weight excluding hydrogens is 288 g/mol. The molecule has 0 aliphatic rings. The Morgan fingerprint density at radius 2 is 2.19 bits per heavy atom. The number of aromatic nitrogens is 2. The van der Waals surface area contributed by atoms with Crippen molar-refractivity contribution in [3.63, 3.8) is 0 Å². The van der Waals surface area contributed by atoms with E-state index in [0.29, 0.717) is 19.0 Å². The van der Waals surface area contributed by atoms with Crippen LogP contribution < -0.4 is 15.4 Å². The van der Waals surface area contributed by atoms with Crippen LogP contribution in [0.25, 0.3) is 0 Å². The van der Waals surface area contributed by atoms with Crippen molar-refractivity contribution >= 4 is 17.4 Å². The SMILES string of the molecule is CCc1nc(CNC(=O)NCc2ccnc(OC)c2)cs1. The Balaban J connectivity index is 1.76. The lowest BCUT2D eigenvalue weighted by Crippen LogP contribution is -2.34. The van der Waals surface area contributed by atoms with Gasteiger partial charge in [-0.3, -0.25) is 0 Å². The zero-order valence-corrected chi connectivity index (χ0v) is 12.9. The Labute approximate surface area is 127 Å². The third-order valence-corrected chi connectivity index (χ3v) is 3.84. The fraction of sp³-hybridized carbons (Fsp3) is 0.357. The van der Waals surface area contributed by atoms with Crippen LogP contribution in [0.1, 0.15) is 23.2 Å². The van der Waals surface area contributed by atoms with E-state index in [1.165, 1.54) is 0 Å². The van der Waals surface area contributed by atoms with Gasteiger partial charge in [-0.05, 0) is 18.1 Å². The molecule has 2 heterocycles. The van der Waals surface area contributed by atoms with Crippen molar-refractivity contribution in [2.24, 2.45) is 0 Å². The van der Waals surface area contributed by atoms with E-state index in [-0.39, 0.29) is 6.03 Å². The average molecular weight is 306 g/mol. The molecule has 2 aromatic rings. The molecule has 0 saturated heterocycles. The van der Waals surface area contributed by atoms with Crippen LogP contribution >= 0.6 is 11.3 Å². The Morgan fingerprint density at radius 3 is 2.90 bits per heavy atom. The first-order valence-corrected chi connectivity index (χ1v) is 7.53. The summed E-state index contributed by atoms with van der Waals surface area (Å²) in [6.07, 6.45) is 2.57. The van der Waals surface area contributed by atoms with Crippen LogP contribution in [0.5, 0.6) is 5.88 Å². The number of aryl methyl sites for hydroxylation is 1. The minimum Gasteiger partial charge on any atom is -0.481 e. The van der Waals surface area contributed by atoms with Gasteiger partial charge in [0.25, 0.3) is 0 Å². The number of hydrogen-bond acceptors (Lipinski definition) is 5. The van der Waals surface area contributed by atoms with Gasteiger partial charge in [-0.1, -0.05) is 6.92 Å². The normalized spacial score (nSPS) is 10.2. The molecule has 21 heavy (non-hydrogen) atoms. The smallest absolute Gasteiger partial charge is 0.315 e. The summed E-state index contributed by atoms with van der Waals surface area (Å²) in [5, 5.41) is 8.61. The first-order chi connectivity index (χ1) is 10.2. The zero-order chi connectivity index (χ0) is 15.1. The van der Waals surface area contributed by atoms with Gasteiger partial charge in [0.05, 0.1) is 24.4 Å². The van der Waals surface area contributed by atoms with Gasteiger partial charge in [0.2, 0.25) is 5.88 Å². The van der Waals surface area contributed by atoms with Crippen LogP contribution in [0.2, 0.25) is 0 Å². The number of hydrogen-bond donors (Lipinski definition) is 2. The zero-order valence-electron chi connectivity index (χ0n) is 12.0. The van der Waals surface area contributed by atoms with E-state index < -0.39 is 0 Å². The topological polar surface area (TPSA) is 76.1 Å². The number of amides is 2. The van der Waals surface area contributed by atoms with Crippen LogP contribution in [0.15, 0.2) is 23.7 Å². The van der Waals surface area contributed by atoms with Crippen molar-refractivity contribution in [2.45, 2.75) is 26.4 Å². The number of urea groups is 1. The molecule has 112 valence electrons. The molecule has 0 radical (unpaired) electrons. The number of methoxy groups -OCH3 is 1. The second-order valence-corrected chi connectivity index (χ2v) is 5.27. The number of nitrogens with one attached hydrogen (secondary N) is 2. The molecule has 2 N–H and O–H groups in total. The third-order valence-electron chi connectivity index (χ3n) is 2.79. The Bertz CT molecular complexity index is 600. The molecule has 0 atom stereocenters. The lowest BCUT2D eigenvalue weighted by atomic mass is 10.2. The second-order valence-electron chi connectivity index (χ2n) is 4.33. The van der Waals surface area contributed by atoms with Gasteiger partial charge in [0.15, 0.2) is 0 Å². The standard InChI is InChI=1S/C14H18N4O2S/c1-3-13-18-11(9-21-13)8-17-14(19)16-7-10-4-5-15-12(6-10)20-2/h4-6,9H,3,7-8H2,1-2H3,(H2,16,17,19). The first kappa shape index (κ1) is 15.2. The molecule has 0 bridgehead atoms. The van der Waals surface area contributed by atoms with Gasteiger partial charge in [-0.2, -0.15) is 0 Å². The van der Waals surface area contributed by atoms with E-state index in [1.54, 1.807) is 30.7 Å². The van der Waals surface area contributed by atoms with Crippen molar-refractivity contribution in [3.8, 4) is 5.88 Å². The molecule has 7 heteroatoms. The monoisotopic (exact) mass is 306 g/mol. The number of carbonyl (C=O) groups excluding carboxylic acids is 1. The fourth-order valence-electron chi connectivity index (χ4n) is 1.68. The summed E-state index contributed by atoms with van der Waals surface area (Å²) >= 11 is 1.61. The van der Waals surface area contributed by atoms with Crippen molar-refractivity contribution < 1.29 is 9.53 Å². The summed E-state index contributed by atoms with van der Waals surface area (Å²) in [7, 11) is 1.56. The summed E-state index contributed by atoms with van der Waals surface area (Å²) in [4.78, 5) is 20.1. The van der Waals surface area contributed by atoms with Gasteiger partial charge in [-0.25, -0.2) is 14.8 Å². The summed E-state index contributed by atoms with van der Waals surface area (Å²) in [5.41, 5.74) is 1.82. The van der Waals surface area contributed by atoms with Crippen LogP contribution in [-0.2, 0) is 19.5 Å². The number of carbonyl (C=O) groups is 1. The summed E-state index contributed by atoms with van der Waals surface area (Å²) < 4.78 is 5.03. The molecular formula is C14H18N4O2S. The van der Waals surface area contributed by atoms with Crippen LogP contribution in [0, 0.1) is 0 Å². The van der Waals surface area contributed by atoms with E-state index in [1.807, 2.05) is 11.4 Å². The Morgan fingerprint density at radius 1 is 1.38 bits per heavy atom. The minimum absolute atomic E-state index is 0.225. The predicted octanol–water partition coefficient (Wildman–Crippen LogP) is 2.11. The van der Waals surface area contributed by atoms with E-state index >= 15 is 0 Å².